The lowest BCUT2D eigenvalue weighted by atomic mass is 10.1. The second-order valence-corrected chi connectivity index (χ2v) is 9.86. The van der Waals surface area contributed by atoms with Crippen molar-refractivity contribution in [2.45, 2.75) is 106 Å². The number of unbranched alkanes of at least 4 members (excludes halogenated alkanes) is 9. The van der Waals surface area contributed by atoms with Gasteiger partial charge in [0.15, 0.2) is 0 Å². The molecule has 0 amide bonds. The summed E-state index contributed by atoms with van der Waals surface area (Å²) in [6.07, 6.45) is 10.1. The molecule has 0 bridgehead atoms. The highest BCUT2D eigenvalue weighted by Crippen LogP contribution is 2.12. The minimum absolute atomic E-state index is 0.388. The summed E-state index contributed by atoms with van der Waals surface area (Å²) in [7, 11) is 0. The molecule has 8 nitrogen and oxygen atoms in total. The maximum Gasteiger partial charge on any atom is 0.512 e. The maximum absolute atomic E-state index is 11.8. The van der Waals surface area contributed by atoms with E-state index < -0.39 is 12.3 Å². The van der Waals surface area contributed by atoms with Gasteiger partial charge in [0.05, 0.1) is 52.5 Å². The predicted molar refractivity (Wildman–Crippen MR) is 145 cm³/mol. The standard InChI is InChI=1S/C28H58N2O6/c1-7-29(8-2,9-3)25-35-27(31)33-23-21-19-17-15-13-14-16-18-20-22-24-34-28(32)36-26-30(10-4,11-5)12-6/h7-26H2,1-6H3/q+2. The molecule has 214 valence electrons. The maximum atomic E-state index is 11.8. The normalized spacial score (nSPS) is 11.8. The van der Waals surface area contributed by atoms with Gasteiger partial charge in [-0.25, -0.2) is 9.59 Å². The Morgan fingerprint density at radius 2 is 0.667 bits per heavy atom. The molecule has 8 heteroatoms. The SMILES string of the molecule is CC[N+](CC)(CC)COC(=O)OCCCCCCCCCCCCOC(=O)OC[N+](CC)(CC)CC. The molecule has 0 radical (unpaired) electrons. The second kappa shape index (κ2) is 21.5. The number of ether oxygens (including phenoxy) is 4. The van der Waals surface area contributed by atoms with E-state index in [0.29, 0.717) is 26.7 Å². The Balaban J connectivity index is 3.52. The molecule has 0 aromatic rings. The molecule has 0 aliphatic rings. The summed E-state index contributed by atoms with van der Waals surface area (Å²) in [5, 5.41) is 0. The van der Waals surface area contributed by atoms with Crippen molar-refractivity contribution in [3.63, 3.8) is 0 Å². The van der Waals surface area contributed by atoms with Crippen LogP contribution in [0.3, 0.4) is 0 Å². The highest BCUT2D eigenvalue weighted by Gasteiger charge is 2.24. The number of hydrogen-bond donors (Lipinski definition) is 0. The molecule has 0 saturated carbocycles. The lowest BCUT2D eigenvalue weighted by Crippen LogP contribution is -2.49. The lowest BCUT2D eigenvalue weighted by Gasteiger charge is -2.34. The van der Waals surface area contributed by atoms with E-state index in [0.717, 1.165) is 73.9 Å². The van der Waals surface area contributed by atoms with Crippen LogP contribution in [0, 0.1) is 0 Å². The Kier molecular flexibility index (Phi) is 20.6. The van der Waals surface area contributed by atoms with E-state index in [1.54, 1.807) is 0 Å². The average molecular weight is 519 g/mol. The summed E-state index contributed by atoms with van der Waals surface area (Å²) >= 11 is 0. The fraction of sp³-hybridized carbons (Fsp3) is 0.929. The van der Waals surface area contributed by atoms with Crippen molar-refractivity contribution in [1.82, 2.24) is 0 Å². The van der Waals surface area contributed by atoms with Crippen LogP contribution in [0.1, 0.15) is 106 Å². The number of nitrogens with zero attached hydrogens (tertiary/aromatic N) is 2. The fourth-order valence-electron chi connectivity index (χ4n) is 4.28. The molecule has 0 aromatic carbocycles. The van der Waals surface area contributed by atoms with Crippen LogP contribution in [0.25, 0.3) is 0 Å². The van der Waals surface area contributed by atoms with E-state index in [2.05, 4.69) is 41.5 Å². The quantitative estimate of drug-likeness (QED) is 0.0637. The van der Waals surface area contributed by atoms with Crippen molar-refractivity contribution in [2.24, 2.45) is 0 Å². The fourth-order valence-corrected chi connectivity index (χ4v) is 4.28. The van der Waals surface area contributed by atoms with E-state index in [4.69, 9.17) is 18.9 Å². The van der Waals surface area contributed by atoms with Crippen LogP contribution in [-0.2, 0) is 18.9 Å². The van der Waals surface area contributed by atoms with E-state index in [9.17, 15) is 9.59 Å². The first-order valence-corrected chi connectivity index (χ1v) is 14.7. The van der Waals surface area contributed by atoms with Crippen molar-refractivity contribution in [3.05, 3.63) is 0 Å². The molecule has 0 aliphatic carbocycles. The first kappa shape index (κ1) is 34.5. The zero-order valence-corrected chi connectivity index (χ0v) is 24.5. The molecule has 0 rings (SSSR count). The number of quaternary nitrogens is 2. The van der Waals surface area contributed by atoms with Crippen LogP contribution in [-0.4, -0.2) is 87.2 Å². The summed E-state index contributed by atoms with van der Waals surface area (Å²) < 4.78 is 22.6. The Labute approximate surface area is 221 Å². The molecule has 0 aromatic heterocycles. The summed E-state index contributed by atoms with van der Waals surface area (Å²) in [6, 6.07) is 0. The highest BCUT2D eigenvalue weighted by atomic mass is 16.7. The van der Waals surface area contributed by atoms with Crippen LogP contribution in [0.4, 0.5) is 9.59 Å². The van der Waals surface area contributed by atoms with E-state index in [1.807, 2.05) is 0 Å². The van der Waals surface area contributed by atoms with Gasteiger partial charge in [0.2, 0.25) is 13.5 Å². The van der Waals surface area contributed by atoms with Gasteiger partial charge < -0.3 is 18.9 Å². The van der Waals surface area contributed by atoms with Crippen LogP contribution >= 0.6 is 0 Å². The molecule has 36 heavy (non-hydrogen) atoms. The molecule has 0 fully saturated rings. The molecule has 0 unspecified atom stereocenters. The van der Waals surface area contributed by atoms with Gasteiger partial charge in [0, 0.05) is 0 Å². The predicted octanol–water partition coefficient (Wildman–Crippen LogP) is 6.86. The minimum Gasteiger partial charge on any atom is -0.434 e. The van der Waals surface area contributed by atoms with Crippen LogP contribution in [0.2, 0.25) is 0 Å². The minimum atomic E-state index is -0.541. The third-order valence-corrected chi connectivity index (χ3v) is 7.92. The Morgan fingerprint density at radius 3 is 0.917 bits per heavy atom. The molecular formula is C28H58N2O6+2. The zero-order chi connectivity index (χ0) is 27.1. The Bertz CT molecular complexity index is 486. The monoisotopic (exact) mass is 518 g/mol. The van der Waals surface area contributed by atoms with E-state index in [1.165, 1.54) is 38.5 Å². The molecule has 0 spiro atoms. The number of hydrogen-bond acceptors (Lipinski definition) is 6. The summed E-state index contributed by atoms with van der Waals surface area (Å²) in [6.45, 7) is 20.1. The van der Waals surface area contributed by atoms with Crippen molar-refractivity contribution < 1.29 is 37.5 Å². The topological polar surface area (TPSA) is 71.1 Å². The molecule has 0 heterocycles. The lowest BCUT2D eigenvalue weighted by molar-refractivity contribution is -0.939. The van der Waals surface area contributed by atoms with Crippen molar-refractivity contribution in [2.75, 3.05) is 65.9 Å². The first-order valence-electron chi connectivity index (χ1n) is 14.7. The zero-order valence-electron chi connectivity index (χ0n) is 24.5. The van der Waals surface area contributed by atoms with Gasteiger partial charge in [-0.05, 0) is 54.4 Å². The summed E-state index contributed by atoms with van der Waals surface area (Å²) in [4.78, 5) is 23.6. The third-order valence-electron chi connectivity index (χ3n) is 7.92. The summed E-state index contributed by atoms with van der Waals surface area (Å²) in [5.74, 6) is 0. The largest absolute Gasteiger partial charge is 0.512 e. The molecule has 0 N–H and O–H groups in total. The van der Waals surface area contributed by atoms with Crippen molar-refractivity contribution in [1.29, 1.82) is 0 Å². The molecule has 0 atom stereocenters. The third kappa shape index (κ3) is 15.5. The molecule has 0 saturated heterocycles. The molecule has 0 aliphatic heterocycles. The number of carbonyl (C=O) groups excluding carboxylic acids is 2. The van der Waals surface area contributed by atoms with E-state index >= 15 is 0 Å². The van der Waals surface area contributed by atoms with Gasteiger partial charge in [-0.2, -0.15) is 0 Å². The van der Waals surface area contributed by atoms with Gasteiger partial charge in [0.1, 0.15) is 0 Å². The molecular weight excluding hydrogens is 460 g/mol. The van der Waals surface area contributed by atoms with Gasteiger partial charge in [0.25, 0.3) is 0 Å². The number of rotatable bonds is 23. The number of carbonyl (C=O) groups is 2. The van der Waals surface area contributed by atoms with Crippen LogP contribution in [0.5, 0.6) is 0 Å². The van der Waals surface area contributed by atoms with Crippen molar-refractivity contribution >= 4 is 12.3 Å². The Morgan fingerprint density at radius 1 is 0.417 bits per heavy atom. The summed E-state index contributed by atoms with van der Waals surface area (Å²) in [5.41, 5.74) is 0. The average Bonchev–Trinajstić information content (AvgIpc) is 2.91. The van der Waals surface area contributed by atoms with Gasteiger partial charge in [-0.3, -0.25) is 8.97 Å². The van der Waals surface area contributed by atoms with Gasteiger partial charge in [-0.1, -0.05) is 51.4 Å². The van der Waals surface area contributed by atoms with E-state index in [-0.39, 0.29) is 0 Å². The van der Waals surface area contributed by atoms with Crippen LogP contribution in [0.15, 0.2) is 0 Å². The van der Waals surface area contributed by atoms with Gasteiger partial charge >= 0.3 is 12.3 Å². The second-order valence-electron chi connectivity index (χ2n) is 9.86. The first-order chi connectivity index (χ1) is 17.4. The van der Waals surface area contributed by atoms with Crippen LogP contribution < -0.4 is 0 Å². The van der Waals surface area contributed by atoms with Crippen molar-refractivity contribution in [3.8, 4) is 0 Å². The van der Waals surface area contributed by atoms with Gasteiger partial charge in [-0.15, -0.1) is 0 Å². The smallest absolute Gasteiger partial charge is 0.434 e. The Hall–Kier alpha value is -1.54. The highest BCUT2D eigenvalue weighted by molar-refractivity contribution is 5.59.